The highest BCUT2D eigenvalue weighted by Gasteiger charge is 1.85. The Bertz CT molecular complexity index is 72.6. The predicted octanol–water partition coefficient (Wildman–Crippen LogP) is 2.07. The molecule has 0 aromatic rings. The van der Waals surface area contributed by atoms with E-state index in [0.29, 0.717) is 0 Å². The van der Waals surface area contributed by atoms with Crippen molar-refractivity contribution in [2.24, 2.45) is 0 Å². The molecule has 0 aromatic carbocycles. The van der Waals surface area contributed by atoms with E-state index in [2.05, 4.69) is 31.0 Å². The Morgan fingerprint density at radius 1 is 1.22 bits per heavy atom. The van der Waals surface area contributed by atoms with E-state index in [-0.39, 0.29) is 0 Å². The molecule has 53 valence electrons. The molecule has 0 saturated carbocycles. The molecular formula is C8H16N. The van der Waals surface area contributed by atoms with Crippen LogP contribution in [-0.4, -0.2) is 18.0 Å². The van der Waals surface area contributed by atoms with Crippen LogP contribution < -0.4 is 0 Å². The molecule has 0 aliphatic heterocycles. The Kier molecular flexibility index (Phi) is 5.38. The first-order valence-corrected chi connectivity index (χ1v) is 3.55. The Hall–Kier alpha value is -0.460. The van der Waals surface area contributed by atoms with Gasteiger partial charge in [0.05, 0.1) is 0 Å². The number of hydrogen-bond acceptors (Lipinski definition) is 1. The lowest BCUT2D eigenvalue weighted by atomic mass is 10.4. The molecule has 0 amide bonds. The van der Waals surface area contributed by atoms with Crippen LogP contribution in [-0.2, 0) is 0 Å². The molecule has 0 bridgehead atoms. The minimum Gasteiger partial charge on any atom is -0.378 e. The maximum Gasteiger partial charge on any atom is 0.0143 e. The van der Waals surface area contributed by atoms with E-state index in [0.717, 1.165) is 13.1 Å². The molecule has 1 nitrogen and oxygen atoms in total. The van der Waals surface area contributed by atoms with E-state index in [1.165, 1.54) is 0 Å². The second-order valence-electron chi connectivity index (χ2n) is 1.90. The van der Waals surface area contributed by atoms with Crippen LogP contribution in [0.3, 0.4) is 0 Å². The number of hydrogen-bond donors (Lipinski definition) is 0. The van der Waals surface area contributed by atoms with E-state index in [9.17, 15) is 0 Å². The summed E-state index contributed by atoms with van der Waals surface area (Å²) in [6.07, 6.45) is 6.21. The number of rotatable bonds is 4. The van der Waals surface area contributed by atoms with Crippen molar-refractivity contribution in [3.05, 3.63) is 18.7 Å². The van der Waals surface area contributed by atoms with Crippen molar-refractivity contribution >= 4 is 0 Å². The van der Waals surface area contributed by atoms with Gasteiger partial charge in [0.1, 0.15) is 0 Å². The smallest absolute Gasteiger partial charge is 0.0143 e. The summed E-state index contributed by atoms with van der Waals surface area (Å²) in [6.45, 7) is 8.54. The van der Waals surface area contributed by atoms with Crippen LogP contribution in [0.15, 0.2) is 12.3 Å². The molecule has 0 aromatic heterocycles. The van der Waals surface area contributed by atoms with Gasteiger partial charge in [0.25, 0.3) is 0 Å². The van der Waals surface area contributed by atoms with Gasteiger partial charge in [-0.15, -0.1) is 0 Å². The average molecular weight is 126 g/mol. The highest BCUT2D eigenvalue weighted by atomic mass is 15.1. The van der Waals surface area contributed by atoms with Crippen LogP contribution in [0, 0.1) is 6.42 Å². The summed E-state index contributed by atoms with van der Waals surface area (Å²) in [5, 5.41) is 0. The second kappa shape index (κ2) is 5.67. The standard InChI is InChI=1S/C8H16N/c1-4-7-8-9(5-2)6-3/h4,7-8H,5-6H2,1-3H3. The van der Waals surface area contributed by atoms with Gasteiger partial charge in [-0.3, -0.25) is 0 Å². The summed E-state index contributed by atoms with van der Waals surface area (Å²) in [5.74, 6) is 0. The van der Waals surface area contributed by atoms with E-state index in [1.54, 1.807) is 0 Å². The lowest BCUT2D eigenvalue weighted by Gasteiger charge is -2.13. The van der Waals surface area contributed by atoms with Crippen LogP contribution in [0.4, 0.5) is 0 Å². The molecule has 0 spiro atoms. The molecule has 0 atom stereocenters. The fraction of sp³-hybridized carbons (Fsp3) is 0.625. The van der Waals surface area contributed by atoms with Crippen molar-refractivity contribution in [2.45, 2.75) is 20.8 Å². The third-order valence-corrected chi connectivity index (χ3v) is 1.30. The lowest BCUT2D eigenvalue weighted by molar-refractivity contribution is 0.418. The minimum absolute atomic E-state index is 1.10. The second-order valence-corrected chi connectivity index (χ2v) is 1.90. The topological polar surface area (TPSA) is 3.24 Å². The molecule has 0 aliphatic carbocycles. The number of nitrogens with zero attached hydrogens (tertiary/aromatic N) is 1. The zero-order chi connectivity index (χ0) is 7.11. The molecule has 0 N–H and O–H groups in total. The van der Waals surface area contributed by atoms with E-state index >= 15 is 0 Å². The van der Waals surface area contributed by atoms with Gasteiger partial charge in [0, 0.05) is 13.1 Å². The monoisotopic (exact) mass is 126 g/mol. The summed E-state index contributed by atoms with van der Waals surface area (Å²) >= 11 is 0. The largest absolute Gasteiger partial charge is 0.378 e. The Morgan fingerprint density at radius 3 is 2.11 bits per heavy atom. The van der Waals surface area contributed by atoms with Gasteiger partial charge in [-0.05, 0) is 26.5 Å². The van der Waals surface area contributed by atoms with Crippen LogP contribution in [0.5, 0.6) is 0 Å². The van der Waals surface area contributed by atoms with Gasteiger partial charge in [0.15, 0.2) is 0 Å². The minimum atomic E-state index is 1.10. The summed E-state index contributed by atoms with van der Waals surface area (Å²) < 4.78 is 0. The highest BCUT2D eigenvalue weighted by molar-refractivity contribution is 4.90. The zero-order valence-corrected chi connectivity index (χ0v) is 6.59. The van der Waals surface area contributed by atoms with E-state index in [1.807, 2.05) is 13.3 Å². The van der Waals surface area contributed by atoms with Crippen LogP contribution in [0.2, 0.25) is 0 Å². The molecular weight excluding hydrogens is 110 g/mol. The van der Waals surface area contributed by atoms with Crippen molar-refractivity contribution < 1.29 is 0 Å². The third-order valence-electron chi connectivity index (χ3n) is 1.30. The first-order chi connectivity index (χ1) is 4.35. The fourth-order valence-electron chi connectivity index (χ4n) is 0.642. The van der Waals surface area contributed by atoms with Gasteiger partial charge in [-0.1, -0.05) is 13.0 Å². The van der Waals surface area contributed by atoms with Crippen LogP contribution in [0.25, 0.3) is 0 Å². The maximum atomic E-state index is 2.25. The van der Waals surface area contributed by atoms with Crippen LogP contribution >= 0.6 is 0 Å². The molecule has 0 heterocycles. The van der Waals surface area contributed by atoms with Gasteiger partial charge in [-0.25, -0.2) is 0 Å². The molecule has 9 heavy (non-hydrogen) atoms. The first kappa shape index (κ1) is 8.54. The summed E-state index contributed by atoms with van der Waals surface area (Å²) in [7, 11) is 0. The Labute approximate surface area is 58.4 Å². The third kappa shape index (κ3) is 4.07. The van der Waals surface area contributed by atoms with Crippen molar-refractivity contribution in [3.8, 4) is 0 Å². The van der Waals surface area contributed by atoms with Crippen molar-refractivity contribution in [3.63, 3.8) is 0 Å². The van der Waals surface area contributed by atoms with Gasteiger partial charge in [0.2, 0.25) is 0 Å². The van der Waals surface area contributed by atoms with Crippen LogP contribution in [0.1, 0.15) is 20.8 Å². The molecule has 0 saturated heterocycles. The van der Waals surface area contributed by atoms with Gasteiger partial charge in [-0.2, -0.15) is 0 Å². The lowest BCUT2D eigenvalue weighted by Crippen LogP contribution is -2.14. The Morgan fingerprint density at radius 2 is 1.78 bits per heavy atom. The summed E-state index contributed by atoms with van der Waals surface area (Å²) in [4.78, 5) is 2.25. The first-order valence-electron chi connectivity index (χ1n) is 3.55. The summed E-state index contributed by atoms with van der Waals surface area (Å²) in [6, 6.07) is 0. The quantitative estimate of drug-likeness (QED) is 0.557. The summed E-state index contributed by atoms with van der Waals surface area (Å²) in [5.41, 5.74) is 0. The number of allylic oxidation sites excluding steroid dienone is 1. The van der Waals surface area contributed by atoms with Gasteiger partial charge < -0.3 is 4.90 Å². The molecule has 1 heteroatoms. The molecule has 1 radical (unpaired) electrons. The van der Waals surface area contributed by atoms with E-state index in [4.69, 9.17) is 0 Å². The average Bonchev–Trinajstić information content (AvgIpc) is 1.91. The SMILES string of the molecule is C[CH]C=CN(CC)CC. The van der Waals surface area contributed by atoms with E-state index < -0.39 is 0 Å². The Balaban J connectivity index is 3.41. The van der Waals surface area contributed by atoms with Crippen molar-refractivity contribution in [1.82, 2.24) is 4.90 Å². The molecule has 0 fully saturated rings. The van der Waals surface area contributed by atoms with Crippen molar-refractivity contribution in [2.75, 3.05) is 13.1 Å². The zero-order valence-electron chi connectivity index (χ0n) is 6.59. The molecule has 0 unspecified atom stereocenters. The maximum absolute atomic E-state index is 2.25. The normalized spacial score (nSPS) is 10.6. The predicted molar refractivity (Wildman–Crippen MR) is 42.0 cm³/mol. The molecule has 0 rings (SSSR count). The van der Waals surface area contributed by atoms with Crippen molar-refractivity contribution in [1.29, 1.82) is 0 Å². The van der Waals surface area contributed by atoms with Gasteiger partial charge >= 0.3 is 0 Å². The fourth-order valence-corrected chi connectivity index (χ4v) is 0.642. The molecule has 0 aliphatic rings. The highest BCUT2D eigenvalue weighted by Crippen LogP contribution is 1.88.